The molecule has 0 radical (unpaired) electrons. The quantitative estimate of drug-likeness (QED) is 0.770. The zero-order valence-corrected chi connectivity index (χ0v) is 15.6. The maximum Gasteiger partial charge on any atom is 0.230 e. The minimum Gasteiger partial charge on any atom is -0.388 e. The molecule has 0 aliphatic heterocycles. The fourth-order valence-electron chi connectivity index (χ4n) is 2.95. The molecule has 1 aromatic heterocycles. The second-order valence-corrected chi connectivity index (χ2v) is 7.60. The first-order chi connectivity index (χ1) is 12.1. The van der Waals surface area contributed by atoms with Crippen molar-refractivity contribution in [1.29, 1.82) is 0 Å². The number of hydrogen-bond donors (Lipinski definition) is 2. The normalized spacial score (nSPS) is 19.5. The molecule has 2 aromatic rings. The van der Waals surface area contributed by atoms with E-state index >= 15 is 0 Å². The van der Waals surface area contributed by atoms with Gasteiger partial charge in [-0.3, -0.25) is 4.79 Å². The predicted octanol–water partition coefficient (Wildman–Crippen LogP) is 2.26. The largest absolute Gasteiger partial charge is 0.388 e. The lowest BCUT2D eigenvalue weighted by molar-refractivity contribution is -0.119. The van der Waals surface area contributed by atoms with Gasteiger partial charge in [0.2, 0.25) is 5.91 Å². The van der Waals surface area contributed by atoms with Crippen LogP contribution in [0.4, 0.5) is 0 Å². The van der Waals surface area contributed by atoms with Gasteiger partial charge in [-0.05, 0) is 24.5 Å². The average molecular weight is 381 g/mol. The van der Waals surface area contributed by atoms with E-state index < -0.39 is 0 Å². The first-order valence-electron chi connectivity index (χ1n) is 8.18. The summed E-state index contributed by atoms with van der Waals surface area (Å²) in [5.74, 6) is 2.93. The highest BCUT2D eigenvalue weighted by Gasteiger charge is 2.34. The van der Waals surface area contributed by atoms with Crippen LogP contribution in [0.15, 0.2) is 24.3 Å². The Kier molecular flexibility index (Phi) is 5.98. The predicted molar refractivity (Wildman–Crippen MR) is 98.4 cm³/mol. The van der Waals surface area contributed by atoms with E-state index in [2.05, 4.69) is 15.5 Å². The first-order valence-corrected chi connectivity index (χ1v) is 9.71. The van der Waals surface area contributed by atoms with Gasteiger partial charge in [-0.1, -0.05) is 29.8 Å². The Balaban J connectivity index is 1.39. The van der Waals surface area contributed by atoms with Crippen molar-refractivity contribution < 1.29 is 9.90 Å². The molecule has 1 fully saturated rings. The molecular formula is C17H21ClN4O2S. The second-order valence-electron chi connectivity index (χ2n) is 6.21. The molecule has 0 atom stereocenters. The Morgan fingerprint density at radius 3 is 2.84 bits per heavy atom. The molecule has 25 heavy (non-hydrogen) atoms. The van der Waals surface area contributed by atoms with E-state index in [9.17, 15) is 4.79 Å². The molecule has 1 aliphatic rings. The number of aliphatic hydroxyl groups is 1. The molecule has 0 spiro atoms. The van der Waals surface area contributed by atoms with Gasteiger partial charge in [0, 0.05) is 29.8 Å². The zero-order chi connectivity index (χ0) is 17.8. The Bertz CT molecular complexity index is 746. The average Bonchev–Trinajstić information content (AvgIpc) is 2.93. The lowest BCUT2D eigenvalue weighted by atomic mass is 9.79. The van der Waals surface area contributed by atoms with Gasteiger partial charge >= 0.3 is 0 Å². The number of thioether (sulfide) groups is 1. The number of carbonyl (C=O) groups excluding carboxylic acids is 1. The van der Waals surface area contributed by atoms with Crippen molar-refractivity contribution in [3.63, 3.8) is 0 Å². The van der Waals surface area contributed by atoms with Crippen LogP contribution in [0.25, 0.3) is 0 Å². The van der Waals surface area contributed by atoms with Crippen molar-refractivity contribution >= 4 is 29.3 Å². The van der Waals surface area contributed by atoms with E-state index in [1.165, 1.54) is 0 Å². The number of nitrogens with one attached hydrogen (secondary N) is 1. The van der Waals surface area contributed by atoms with Gasteiger partial charge in [-0.2, -0.15) is 0 Å². The summed E-state index contributed by atoms with van der Waals surface area (Å²) < 4.78 is 1.84. The third-order valence-electron chi connectivity index (χ3n) is 4.46. The third kappa shape index (κ3) is 4.34. The summed E-state index contributed by atoms with van der Waals surface area (Å²) in [6, 6.07) is 7.88. The molecule has 1 aromatic carbocycles. The molecule has 3 rings (SSSR count). The summed E-state index contributed by atoms with van der Waals surface area (Å²) >= 11 is 7.67. The summed E-state index contributed by atoms with van der Waals surface area (Å²) in [4.78, 5) is 12.1. The minimum absolute atomic E-state index is 0.0505. The van der Waals surface area contributed by atoms with Crippen molar-refractivity contribution in [1.82, 2.24) is 20.1 Å². The fraction of sp³-hybridized carbons (Fsp3) is 0.471. The molecule has 0 saturated heterocycles. The van der Waals surface area contributed by atoms with Crippen LogP contribution in [0.1, 0.15) is 36.0 Å². The number of aromatic nitrogens is 3. The van der Waals surface area contributed by atoms with E-state index in [0.717, 1.165) is 35.0 Å². The number of benzene rings is 1. The molecule has 0 bridgehead atoms. The van der Waals surface area contributed by atoms with Crippen LogP contribution in [0, 0.1) is 0 Å². The monoisotopic (exact) mass is 380 g/mol. The van der Waals surface area contributed by atoms with Crippen molar-refractivity contribution in [2.75, 3.05) is 5.75 Å². The van der Waals surface area contributed by atoms with Crippen molar-refractivity contribution in [3.05, 3.63) is 46.5 Å². The van der Waals surface area contributed by atoms with Gasteiger partial charge in [0.25, 0.3) is 0 Å². The molecule has 134 valence electrons. The van der Waals surface area contributed by atoms with Gasteiger partial charge < -0.3 is 15.0 Å². The molecule has 1 aliphatic carbocycles. The van der Waals surface area contributed by atoms with E-state index in [4.69, 9.17) is 16.7 Å². The Labute approximate surface area is 156 Å². The zero-order valence-electron chi connectivity index (χ0n) is 14.0. The summed E-state index contributed by atoms with van der Waals surface area (Å²) in [7, 11) is 1.86. The van der Waals surface area contributed by atoms with Gasteiger partial charge in [0.15, 0.2) is 5.82 Å². The number of aliphatic hydroxyl groups excluding tert-OH is 1. The third-order valence-corrected chi connectivity index (χ3v) is 5.81. The van der Waals surface area contributed by atoms with Crippen molar-refractivity contribution in [3.8, 4) is 0 Å². The van der Waals surface area contributed by atoms with E-state index in [0.29, 0.717) is 17.5 Å². The number of halogens is 1. The van der Waals surface area contributed by atoms with Crippen LogP contribution in [0.3, 0.4) is 0 Å². The Morgan fingerprint density at radius 2 is 2.16 bits per heavy atom. The van der Waals surface area contributed by atoms with Crippen LogP contribution in [-0.4, -0.2) is 37.6 Å². The first kappa shape index (κ1) is 18.2. The molecule has 8 heteroatoms. The summed E-state index contributed by atoms with van der Waals surface area (Å²) in [5, 5.41) is 21.1. The van der Waals surface area contributed by atoms with Crippen LogP contribution >= 0.6 is 23.4 Å². The van der Waals surface area contributed by atoms with Gasteiger partial charge in [0.05, 0.1) is 5.75 Å². The van der Waals surface area contributed by atoms with Gasteiger partial charge in [0.1, 0.15) is 12.4 Å². The molecule has 2 N–H and O–H groups in total. The number of nitrogens with zero attached hydrogens (tertiary/aromatic N) is 3. The maximum absolute atomic E-state index is 12.1. The second kappa shape index (κ2) is 8.21. The molecule has 1 amide bonds. The maximum atomic E-state index is 12.1. The van der Waals surface area contributed by atoms with E-state index in [-0.39, 0.29) is 18.6 Å². The van der Waals surface area contributed by atoms with Gasteiger partial charge in [-0.15, -0.1) is 22.0 Å². The molecular weight excluding hydrogens is 360 g/mol. The van der Waals surface area contributed by atoms with Gasteiger partial charge in [-0.25, -0.2) is 0 Å². The lowest BCUT2D eigenvalue weighted by Crippen LogP contribution is -2.44. The Morgan fingerprint density at radius 1 is 1.40 bits per heavy atom. The summed E-state index contributed by atoms with van der Waals surface area (Å²) in [5.41, 5.74) is 1.05. The van der Waals surface area contributed by atoms with Crippen LogP contribution < -0.4 is 5.32 Å². The number of hydrogen-bond acceptors (Lipinski definition) is 5. The van der Waals surface area contributed by atoms with Crippen molar-refractivity contribution in [2.45, 2.75) is 37.2 Å². The number of amides is 1. The highest BCUT2D eigenvalue weighted by Crippen LogP contribution is 2.35. The molecule has 1 heterocycles. The highest BCUT2D eigenvalue weighted by atomic mass is 35.5. The van der Waals surface area contributed by atoms with E-state index in [1.807, 2.05) is 35.9 Å². The topological polar surface area (TPSA) is 80.0 Å². The SMILES string of the molecule is Cn1c(CO)nnc1C1CC(NC(=O)CSCc2ccccc2Cl)C1. The Hall–Kier alpha value is -1.57. The van der Waals surface area contributed by atoms with Crippen LogP contribution in [0.2, 0.25) is 5.02 Å². The fourth-order valence-corrected chi connectivity index (χ4v) is 4.08. The van der Waals surface area contributed by atoms with Crippen LogP contribution in [0.5, 0.6) is 0 Å². The number of carbonyl (C=O) groups is 1. The molecule has 6 nitrogen and oxygen atoms in total. The molecule has 0 unspecified atom stereocenters. The lowest BCUT2D eigenvalue weighted by Gasteiger charge is -2.35. The van der Waals surface area contributed by atoms with Crippen molar-refractivity contribution in [2.24, 2.45) is 7.05 Å². The summed E-state index contributed by atoms with van der Waals surface area (Å²) in [6.07, 6.45) is 1.72. The van der Waals surface area contributed by atoms with E-state index in [1.54, 1.807) is 11.8 Å². The highest BCUT2D eigenvalue weighted by molar-refractivity contribution is 7.99. The molecule has 1 saturated carbocycles. The smallest absolute Gasteiger partial charge is 0.230 e. The minimum atomic E-state index is -0.112. The number of rotatable bonds is 7. The summed E-state index contributed by atoms with van der Waals surface area (Å²) in [6.45, 7) is -0.112. The van der Waals surface area contributed by atoms with Crippen LogP contribution in [-0.2, 0) is 24.2 Å². The standard InChI is InChI=1S/C17H21ClN4O2S/c1-22-15(8-23)20-21-17(22)12-6-13(7-12)19-16(24)10-25-9-11-4-2-3-5-14(11)18/h2-5,12-13,23H,6-10H2,1H3,(H,19,24).